The third kappa shape index (κ3) is 4.26. The molecule has 0 spiro atoms. The van der Waals surface area contributed by atoms with Gasteiger partial charge in [-0.15, -0.1) is 0 Å². The van der Waals surface area contributed by atoms with Gasteiger partial charge >= 0.3 is 0 Å². The van der Waals surface area contributed by atoms with E-state index in [0.717, 1.165) is 44.4 Å². The van der Waals surface area contributed by atoms with Crippen LogP contribution in [0.25, 0.3) is 0 Å². The van der Waals surface area contributed by atoms with Crippen molar-refractivity contribution < 1.29 is 13.6 Å². The number of carbonyl (C=O) groups is 1. The van der Waals surface area contributed by atoms with E-state index in [-0.39, 0.29) is 6.04 Å². The second-order valence-corrected chi connectivity index (χ2v) is 6.72. The number of carbonyl (C=O) groups excluding carboxylic acids is 1. The Morgan fingerprint density at radius 2 is 1.73 bits per heavy atom. The number of nitrogens with two attached hydrogens (primary N) is 1. The fourth-order valence-corrected chi connectivity index (χ4v) is 3.38. The lowest BCUT2D eigenvalue weighted by molar-refractivity contribution is 0.0965. The molecule has 2 aromatic carbocycles. The van der Waals surface area contributed by atoms with Crippen LogP contribution in [0.5, 0.6) is 0 Å². The molecule has 4 nitrogen and oxygen atoms in total. The maximum absolute atomic E-state index is 14.0. The fourth-order valence-electron chi connectivity index (χ4n) is 3.38. The van der Waals surface area contributed by atoms with Gasteiger partial charge in [-0.05, 0) is 30.7 Å². The molecule has 2 aromatic rings. The second-order valence-electron chi connectivity index (χ2n) is 6.72. The molecule has 1 atom stereocenters. The third-order valence-corrected chi connectivity index (χ3v) is 5.01. The van der Waals surface area contributed by atoms with Crippen LogP contribution in [0.1, 0.15) is 34.5 Å². The monoisotopic (exact) mass is 359 g/mol. The number of nitrogens with zero attached hydrogens (tertiary/aromatic N) is 2. The van der Waals surface area contributed by atoms with Gasteiger partial charge in [0.1, 0.15) is 11.6 Å². The van der Waals surface area contributed by atoms with Gasteiger partial charge in [-0.25, -0.2) is 8.78 Å². The highest BCUT2D eigenvalue weighted by molar-refractivity contribution is 5.92. The zero-order valence-corrected chi connectivity index (χ0v) is 14.8. The van der Waals surface area contributed by atoms with Crippen LogP contribution in [0.4, 0.5) is 8.78 Å². The molecule has 0 aliphatic carbocycles. The van der Waals surface area contributed by atoms with E-state index in [1.807, 2.05) is 19.1 Å². The first kappa shape index (κ1) is 18.5. The van der Waals surface area contributed by atoms with Crippen molar-refractivity contribution in [3.05, 3.63) is 70.8 Å². The minimum Gasteiger partial charge on any atom is -0.366 e. The van der Waals surface area contributed by atoms with E-state index in [2.05, 4.69) is 9.80 Å². The SMILES string of the molecule is CC(c1ccc(F)cc1F)N1CCN(Cc2ccc(C(N)=O)cc2)CC1. The van der Waals surface area contributed by atoms with E-state index >= 15 is 0 Å². The standard InChI is InChI=1S/C20H23F2N3O/c1-14(18-7-6-17(21)12-19(18)22)25-10-8-24(9-11-25)13-15-2-4-16(5-3-15)20(23)26/h2-7,12,14H,8-11,13H2,1H3,(H2,23,26). The summed E-state index contributed by atoms with van der Waals surface area (Å²) < 4.78 is 27.1. The third-order valence-electron chi connectivity index (χ3n) is 5.01. The van der Waals surface area contributed by atoms with Crippen molar-refractivity contribution in [3.63, 3.8) is 0 Å². The molecule has 0 aromatic heterocycles. The highest BCUT2D eigenvalue weighted by Crippen LogP contribution is 2.25. The van der Waals surface area contributed by atoms with E-state index < -0.39 is 17.5 Å². The Morgan fingerprint density at radius 3 is 2.31 bits per heavy atom. The topological polar surface area (TPSA) is 49.6 Å². The van der Waals surface area contributed by atoms with Crippen molar-refractivity contribution in [2.75, 3.05) is 26.2 Å². The summed E-state index contributed by atoms with van der Waals surface area (Å²) in [5, 5.41) is 0. The zero-order valence-electron chi connectivity index (χ0n) is 14.8. The van der Waals surface area contributed by atoms with Crippen LogP contribution < -0.4 is 5.73 Å². The van der Waals surface area contributed by atoms with Gasteiger partial charge in [-0.3, -0.25) is 14.6 Å². The van der Waals surface area contributed by atoms with E-state index in [4.69, 9.17) is 5.73 Å². The largest absolute Gasteiger partial charge is 0.366 e. The Morgan fingerprint density at radius 1 is 1.08 bits per heavy atom. The molecule has 1 aliphatic heterocycles. The van der Waals surface area contributed by atoms with Crippen LogP contribution in [0.15, 0.2) is 42.5 Å². The Kier molecular flexibility index (Phi) is 5.64. The Bertz CT molecular complexity index is 771. The number of halogens is 2. The summed E-state index contributed by atoms with van der Waals surface area (Å²) in [6.07, 6.45) is 0. The molecule has 1 aliphatic rings. The summed E-state index contributed by atoms with van der Waals surface area (Å²) in [4.78, 5) is 15.7. The molecular weight excluding hydrogens is 336 g/mol. The lowest BCUT2D eigenvalue weighted by Gasteiger charge is -2.38. The van der Waals surface area contributed by atoms with Gasteiger partial charge in [0, 0.05) is 56.0 Å². The molecule has 1 fully saturated rings. The molecule has 0 bridgehead atoms. The van der Waals surface area contributed by atoms with E-state index in [9.17, 15) is 13.6 Å². The number of hydrogen-bond acceptors (Lipinski definition) is 3. The molecule has 1 unspecified atom stereocenters. The average molecular weight is 359 g/mol. The smallest absolute Gasteiger partial charge is 0.248 e. The van der Waals surface area contributed by atoms with Crippen LogP contribution >= 0.6 is 0 Å². The quantitative estimate of drug-likeness (QED) is 0.893. The number of amides is 1. The van der Waals surface area contributed by atoms with Crippen molar-refractivity contribution in [3.8, 4) is 0 Å². The molecule has 1 saturated heterocycles. The van der Waals surface area contributed by atoms with Crippen molar-refractivity contribution in [2.24, 2.45) is 5.73 Å². The maximum atomic E-state index is 14.0. The number of rotatable bonds is 5. The summed E-state index contributed by atoms with van der Waals surface area (Å²) in [7, 11) is 0. The molecule has 3 rings (SSSR count). The first-order valence-electron chi connectivity index (χ1n) is 8.74. The Labute approximate surface area is 152 Å². The molecule has 1 amide bonds. The summed E-state index contributed by atoms with van der Waals surface area (Å²) in [5.41, 5.74) is 7.42. The van der Waals surface area contributed by atoms with Crippen molar-refractivity contribution in [1.29, 1.82) is 0 Å². The minimum absolute atomic E-state index is 0.0902. The van der Waals surface area contributed by atoms with Crippen LogP contribution in [-0.4, -0.2) is 41.9 Å². The predicted molar refractivity (Wildman–Crippen MR) is 96.6 cm³/mol. The first-order valence-corrected chi connectivity index (χ1v) is 8.74. The van der Waals surface area contributed by atoms with Crippen LogP contribution in [0.3, 0.4) is 0 Å². The number of piperazine rings is 1. The molecule has 0 saturated carbocycles. The molecule has 138 valence electrons. The molecule has 6 heteroatoms. The normalized spacial score (nSPS) is 17.2. The molecule has 0 radical (unpaired) electrons. The second kappa shape index (κ2) is 7.93. The van der Waals surface area contributed by atoms with Gasteiger partial charge in [-0.2, -0.15) is 0 Å². The Hall–Kier alpha value is -2.31. The summed E-state index contributed by atoms with van der Waals surface area (Å²) in [5.74, 6) is -1.47. The summed E-state index contributed by atoms with van der Waals surface area (Å²) >= 11 is 0. The van der Waals surface area contributed by atoms with Crippen molar-refractivity contribution in [1.82, 2.24) is 9.80 Å². The summed E-state index contributed by atoms with van der Waals surface area (Å²) in [6.45, 7) is 6.12. The molecule has 26 heavy (non-hydrogen) atoms. The van der Waals surface area contributed by atoms with Crippen molar-refractivity contribution >= 4 is 5.91 Å². The van der Waals surface area contributed by atoms with Gasteiger partial charge in [0.15, 0.2) is 0 Å². The molecular formula is C20H23F2N3O. The Balaban J connectivity index is 1.56. The van der Waals surface area contributed by atoms with Crippen molar-refractivity contribution in [2.45, 2.75) is 19.5 Å². The number of primary amides is 1. The van der Waals surface area contributed by atoms with Gasteiger partial charge < -0.3 is 5.73 Å². The lowest BCUT2D eigenvalue weighted by atomic mass is 10.0. The number of benzene rings is 2. The van der Waals surface area contributed by atoms with Gasteiger partial charge in [0.05, 0.1) is 0 Å². The molecule has 2 N–H and O–H groups in total. The maximum Gasteiger partial charge on any atom is 0.248 e. The van der Waals surface area contributed by atoms with Gasteiger partial charge in [0.2, 0.25) is 5.91 Å². The predicted octanol–water partition coefficient (Wildman–Crippen LogP) is 2.94. The van der Waals surface area contributed by atoms with E-state index in [1.54, 1.807) is 12.1 Å². The van der Waals surface area contributed by atoms with Gasteiger partial charge in [0.25, 0.3) is 0 Å². The van der Waals surface area contributed by atoms with Crippen LogP contribution in [-0.2, 0) is 6.54 Å². The average Bonchev–Trinajstić information content (AvgIpc) is 2.62. The minimum atomic E-state index is -0.550. The highest BCUT2D eigenvalue weighted by Gasteiger charge is 2.24. The number of hydrogen-bond donors (Lipinski definition) is 1. The first-order chi connectivity index (χ1) is 12.4. The fraction of sp³-hybridized carbons (Fsp3) is 0.350. The zero-order chi connectivity index (χ0) is 18.7. The highest BCUT2D eigenvalue weighted by atomic mass is 19.1. The summed E-state index contributed by atoms with van der Waals surface area (Å²) in [6, 6.07) is 11.0. The van der Waals surface area contributed by atoms with Crippen LogP contribution in [0.2, 0.25) is 0 Å². The molecule has 1 heterocycles. The van der Waals surface area contributed by atoms with E-state index in [1.165, 1.54) is 12.1 Å². The van der Waals surface area contributed by atoms with Gasteiger partial charge in [-0.1, -0.05) is 18.2 Å². The van der Waals surface area contributed by atoms with E-state index in [0.29, 0.717) is 11.1 Å². The lowest BCUT2D eigenvalue weighted by Crippen LogP contribution is -2.46. The van der Waals surface area contributed by atoms with Crippen LogP contribution in [0, 0.1) is 11.6 Å².